The van der Waals surface area contributed by atoms with Crippen LogP contribution in [0.1, 0.15) is 32.6 Å². The van der Waals surface area contributed by atoms with Gasteiger partial charge in [-0.1, -0.05) is 36.7 Å². The number of fused-ring (bicyclic) bond motifs is 3. The zero-order chi connectivity index (χ0) is 16.5. The molecule has 1 atom stereocenters. The molecule has 1 unspecified atom stereocenters. The number of hydrogen-bond donors (Lipinski definition) is 1. The highest BCUT2D eigenvalue weighted by molar-refractivity contribution is 8.00. The lowest BCUT2D eigenvalue weighted by atomic mass is 10.2. The molecule has 126 valence electrons. The molecule has 6 nitrogen and oxygen atoms in total. The van der Waals surface area contributed by atoms with Gasteiger partial charge < -0.3 is 4.90 Å². The Kier molecular flexibility index (Phi) is 4.18. The van der Waals surface area contributed by atoms with Gasteiger partial charge in [0, 0.05) is 13.1 Å². The number of hydrogen-bond acceptors (Lipinski definition) is 4. The molecule has 0 spiro atoms. The molecule has 1 N–H and O–H groups in total. The van der Waals surface area contributed by atoms with Gasteiger partial charge in [-0.2, -0.15) is 0 Å². The van der Waals surface area contributed by atoms with Crippen molar-refractivity contribution in [3.63, 3.8) is 0 Å². The molecule has 4 rings (SSSR count). The lowest BCUT2D eigenvalue weighted by molar-refractivity contribution is -0.130. The minimum absolute atomic E-state index is 0.157. The predicted molar refractivity (Wildman–Crippen MR) is 95.2 cm³/mol. The summed E-state index contributed by atoms with van der Waals surface area (Å²) in [6.07, 6.45) is 4.68. The lowest BCUT2D eigenvalue weighted by Crippen LogP contribution is -2.37. The van der Waals surface area contributed by atoms with Crippen molar-refractivity contribution >= 4 is 34.5 Å². The van der Waals surface area contributed by atoms with Gasteiger partial charge in [0.1, 0.15) is 0 Å². The van der Waals surface area contributed by atoms with Crippen LogP contribution in [0.5, 0.6) is 0 Å². The van der Waals surface area contributed by atoms with Crippen molar-refractivity contribution < 1.29 is 4.79 Å². The number of carbonyl (C=O) groups is 1. The van der Waals surface area contributed by atoms with Crippen LogP contribution >= 0.6 is 11.8 Å². The quantitative estimate of drug-likeness (QED) is 0.742. The average molecular weight is 343 g/mol. The Hall–Kier alpha value is -2.02. The molecule has 2 aromatic heterocycles. The fourth-order valence-electron chi connectivity index (χ4n) is 3.28. The molecule has 24 heavy (non-hydrogen) atoms. The summed E-state index contributed by atoms with van der Waals surface area (Å²) in [7, 11) is 0. The molecule has 3 heterocycles. The van der Waals surface area contributed by atoms with Crippen LogP contribution in [0.4, 0.5) is 0 Å². The van der Waals surface area contributed by atoms with Gasteiger partial charge in [-0.3, -0.25) is 9.20 Å². The highest BCUT2D eigenvalue weighted by Gasteiger charge is 2.24. The number of para-hydroxylation sites is 2. The number of aromatic nitrogens is 4. The van der Waals surface area contributed by atoms with Crippen molar-refractivity contribution in [1.29, 1.82) is 0 Å². The minimum atomic E-state index is -0.157. The van der Waals surface area contributed by atoms with Crippen LogP contribution in [0.25, 0.3) is 16.8 Å². The van der Waals surface area contributed by atoms with Crippen LogP contribution in [0.2, 0.25) is 0 Å². The molecule has 0 bridgehead atoms. The summed E-state index contributed by atoms with van der Waals surface area (Å²) in [6.45, 7) is 3.74. The molecule has 3 aromatic rings. The second-order valence-corrected chi connectivity index (χ2v) is 7.57. The van der Waals surface area contributed by atoms with Crippen molar-refractivity contribution in [3.05, 3.63) is 24.3 Å². The van der Waals surface area contributed by atoms with Crippen LogP contribution in [-0.2, 0) is 4.79 Å². The second kappa shape index (κ2) is 6.47. The van der Waals surface area contributed by atoms with Crippen LogP contribution in [-0.4, -0.2) is 48.7 Å². The highest BCUT2D eigenvalue weighted by atomic mass is 32.2. The summed E-state index contributed by atoms with van der Waals surface area (Å²) in [6, 6.07) is 7.97. The summed E-state index contributed by atoms with van der Waals surface area (Å²) in [5, 5.41) is 7.96. The molecule has 1 aliphatic rings. The molecule has 1 aliphatic heterocycles. The zero-order valence-corrected chi connectivity index (χ0v) is 14.6. The molecule has 0 radical (unpaired) electrons. The number of carbonyl (C=O) groups excluding carboxylic acids is 1. The number of nitrogens with one attached hydrogen (secondary N) is 1. The third kappa shape index (κ3) is 2.77. The smallest absolute Gasteiger partial charge is 0.235 e. The number of aromatic amines is 1. The number of nitrogens with zero attached hydrogens (tertiary/aromatic N) is 4. The standard InChI is InChI=1S/C17H21N5OS/c1-12(15(23)21-10-6-2-3-7-11-21)24-17-20-19-16-18-13-8-4-5-9-14(13)22(16)17/h4-5,8-9,12H,2-3,6-7,10-11H2,1H3,(H,18,19). The van der Waals surface area contributed by atoms with Gasteiger partial charge in [0.2, 0.25) is 11.7 Å². The monoisotopic (exact) mass is 343 g/mol. The molecule has 0 saturated carbocycles. The minimum Gasteiger partial charge on any atom is -0.342 e. The van der Waals surface area contributed by atoms with E-state index in [-0.39, 0.29) is 11.2 Å². The van der Waals surface area contributed by atoms with E-state index in [0.717, 1.165) is 42.1 Å². The maximum absolute atomic E-state index is 12.8. The molecule has 1 fully saturated rings. The first-order valence-electron chi connectivity index (χ1n) is 8.51. The fourth-order valence-corrected chi connectivity index (χ4v) is 4.23. The van der Waals surface area contributed by atoms with Crippen LogP contribution < -0.4 is 0 Å². The van der Waals surface area contributed by atoms with Gasteiger partial charge in [0.25, 0.3) is 0 Å². The Morgan fingerprint density at radius 1 is 1.21 bits per heavy atom. The number of H-pyrrole nitrogens is 1. The zero-order valence-electron chi connectivity index (χ0n) is 13.7. The number of imidazole rings is 1. The first-order valence-corrected chi connectivity index (χ1v) is 9.39. The number of likely N-dealkylation sites (tertiary alicyclic amines) is 1. The van der Waals surface area contributed by atoms with Gasteiger partial charge in [-0.25, -0.2) is 10.1 Å². The fraction of sp³-hybridized carbons (Fsp3) is 0.471. The third-order valence-electron chi connectivity index (χ3n) is 4.55. The predicted octanol–water partition coefficient (Wildman–Crippen LogP) is 3.09. The Labute approximate surface area is 144 Å². The normalized spacial score (nSPS) is 17.3. The molecular weight excluding hydrogens is 322 g/mol. The maximum Gasteiger partial charge on any atom is 0.235 e. The molecule has 7 heteroatoms. The summed E-state index contributed by atoms with van der Waals surface area (Å²) >= 11 is 1.50. The number of rotatable bonds is 3. The van der Waals surface area contributed by atoms with E-state index in [1.807, 2.05) is 40.5 Å². The second-order valence-electron chi connectivity index (χ2n) is 6.27. The third-order valence-corrected chi connectivity index (χ3v) is 5.59. The Bertz CT molecular complexity index is 862. The van der Waals surface area contributed by atoms with Gasteiger partial charge in [0.05, 0.1) is 16.3 Å². The number of thioether (sulfide) groups is 1. The first-order chi connectivity index (χ1) is 11.7. The molecule has 1 saturated heterocycles. The highest BCUT2D eigenvalue weighted by Crippen LogP contribution is 2.27. The Balaban J connectivity index is 1.58. The van der Waals surface area contributed by atoms with E-state index < -0.39 is 0 Å². The van der Waals surface area contributed by atoms with E-state index in [0.29, 0.717) is 5.78 Å². The van der Waals surface area contributed by atoms with E-state index in [1.54, 1.807) is 0 Å². The Morgan fingerprint density at radius 3 is 2.75 bits per heavy atom. The summed E-state index contributed by atoms with van der Waals surface area (Å²) in [5.41, 5.74) is 1.94. The number of benzene rings is 1. The van der Waals surface area contributed by atoms with E-state index in [9.17, 15) is 4.79 Å². The van der Waals surface area contributed by atoms with E-state index in [1.165, 1.54) is 24.6 Å². The van der Waals surface area contributed by atoms with Crippen molar-refractivity contribution in [3.8, 4) is 0 Å². The SMILES string of the molecule is CC(Sc1n[nH]c2nc3ccccc3n12)C(=O)N1CCCCCC1. The summed E-state index contributed by atoms with van der Waals surface area (Å²) < 4.78 is 1.99. The molecule has 1 amide bonds. The average Bonchev–Trinajstić information content (AvgIpc) is 3.02. The summed E-state index contributed by atoms with van der Waals surface area (Å²) in [4.78, 5) is 19.3. The van der Waals surface area contributed by atoms with Crippen molar-refractivity contribution in [2.45, 2.75) is 43.0 Å². The summed E-state index contributed by atoms with van der Waals surface area (Å²) in [5.74, 6) is 0.926. The first kappa shape index (κ1) is 15.5. The van der Waals surface area contributed by atoms with E-state index in [4.69, 9.17) is 0 Å². The molecule has 0 aliphatic carbocycles. The van der Waals surface area contributed by atoms with E-state index in [2.05, 4.69) is 15.2 Å². The number of amides is 1. The topological polar surface area (TPSA) is 66.3 Å². The van der Waals surface area contributed by atoms with Crippen LogP contribution in [0.3, 0.4) is 0 Å². The van der Waals surface area contributed by atoms with Crippen molar-refractivity contribution in [1.82, 2.24) is 24.5 Å². The maximum atomic E-state index is 12.8. The van der Waals surface area contributed by atoms with Crippen molar-refractivity contribution in [2.75, 3.05) is 13.1 Å². The van der Waals surface area contributed by atoms with Crippen LogP contribution in [0.15, 0.2) is 29.4 Å². The lowest BCUT2D eigenvalue weighted by Gasteiger charge is -2.23. The largest absolute Gasteiger partial charge is 0.342 e. The van der Waals surface area contributed by atoms with Gasteiger partial charge in [-0.15, -0.1) is 5.10 Å². The van der Waals surface area contributed by atoms with Gasteiger partial charge in [0.15, 0.2) is 5.16 Å². The molecule has 1 aromatic carbocycles. The van der Waals surface area contributed by atoms with Gasteiger partial charge in [-0.05, 0) is 31.9 Å². The van der Waals surface area contributed by atoms with Gasteiger partial charge >= 0.3 is 0 Å². The molecular formula is C17H21N5OS. The van der Waals surface area contributed by atoms with E-state index >= 15 is 0 Å². The Morgan fingerprint density at radius 2 is 1.96 bits per heavy atom. The van der Waals surface area contributed by atoms with Crippen molar-refractivity contribution in [2.24, 2.45) is 0 Å². The van der Waals surface area contributed by atoms with Crippen LogP contribution in [0, 0.1) is 0 Å².